The maximum Gasteiger partial charge on any atom is 0.257 e. The first kappa shape index (κ1) is 19.5. The van der Waals surface area contributed by atoms with Crippen LogP contribution >= 0.6 is 34.5 Å². The van der Waals surface area contributed by atoms with Gasteiger partial charge in [-0.3, -0.25) is 10.1 Å². The van der Waals surface area contributed by atoms with E-state index in [1.54, 1.807) is 36.4 Å². The van der Waals surface area contributed by atoms with Crippen molar-refractivity contribution < 1.29 is 4.79 Å². The zero-order valence-corrected chi connectivity index (χ0v) is 17.5. The lowest BCUT2D eigenvalue weighted by molar-refractivity contribution is 0.102. The molecule has 0 aliphatic carbocycles. The highest BCUT2D eigenvalue weighted by molar-refractivity contribution is 7.15. The van der Waals surface area contributed by atoms with Gasteiger partial charge in [-0.1, -0.05) is 23.2 Å². The van der Waals surface area contributed by atoms with E-state index in [0.29, 0.717) is 27.2 Å². The average molecular weight is 445 g/mol. The van der Waals surface area contributed by atoms with Gasteiger partial charge in [-0.05, 0) is 65.4 Å². The van der Waals surface area contributed by atoms with Gasteiger partial charge in [0.15, 0.2) is 5.13 Å². The van der Waals surface area contributed by atoms with Crippen LogP contribution in [0.5, 0.6) is 0 Å². The molecule has 4 rings (SSSR count). The van der Waals surface area contributed by atoms with Crippen LogP contribution in [-0.2, 0) is 6.42 Å². The van der Waals surface area contributed by atoms with Crippen molar-refractivity contribution in [1.29, 1.82) is 0 Å². The highest BCUT2D eigenvalue weighted by Gasteiger charge is 2.14. The zero-order chi connectivity index (χ0) is 20.4. The second kappa shape index (κ2) is 8.28. The number of anilines is 1. The maximum atomic E-state index is 12.6. The molecule has 0 unspecified atom stereocenters. The molecule has 1 amide bonds. The van der Waals surface area contributed by atoms with Gasteiger partial charge in [0.25, 0.3) is 5.91 Å². The van der Waals surface area contributed by atoms with E-state index in [-0.39, 0.29) is 5.91 Å². The number of hydrogen-bond donors (Lipinski definition) is 1. The molecule has 146 valence electrons. The number of thiazole rings is 1. The number of amides is 1. The van der Waals surface area contributed by atoms with Crippen molar-refractivity contribution in [1.82, 2.24) is 25.2 Å². The predicted octanol–water partition coefficient (Wildman–Crippen LogP) is 4.58. The van der Waals surface area contributed by atoms with Gasteiger partial charge in [0.05, 0.1) is 11.4 Å². The van der Waals surface area contributed by atoms with E-state index in [4.69, 9.17) is 23.2 Å². The number of carbonyl (C=O) groups excluding carboxylic acids is 1. The smallest absolute Gasteiger partial charge is 0.257 e. The second-order valence-electron chi connectivity index (χ2n) is 6.20. The molecule has 0 radical (unpaired) electrons. The second-order valence-corrected chi connectivity index (χ2v) is 8.12. The molecule has 2 heterocycles. The molecule has 7 nitrogen and oxygen atoms in total. The highest BCUT2D eigenvalue weighted by atomic mass is 35.5. The summed E-state index contributed by atoms with van der Waals surface area (Å²) in [5.41, 5.74) is 3.03. The monoisotopic (exact) mass is 444 g/mol. The van der Waals surface area contributed by atoms with Gasteiger partial charge in [0, 0.05) is 26.9 Å². The third kappa shape index (κ3) is 4.45. The Balaban J connectivity index is 1.48. The first-order valence-electron chi connectivity index (χ1n) is 8.54. The molecule has 0 aliphatic rings. The highest BCUT2D eigenvalue weighted by Crippen LogP contribution is 2.29. The number of hydrogen-bond acceptors (Lipinski definition) is 6. The fourth-order valence-corrected chi connectivity index (χ4v) is 4.07. The number of tetrazole rings is 1. The molecule has 29 heavy (non-hydrogen) atoms. The van der Waals surface area contributed by atoms with Crippen LogP contribution in [0.2, 0.25) is 10.0 Å². The fraction of sp³-hybridized carbons (Fsp3) is 0.105. The Kier molecular flexibility index (Phi) is 5.57. The SMILES string of the molecule is Cc1nc(NC(=O)c2ccc(-n3cnnn3)cc2)sc1Cc1cc(Cl)ccc1Cl. The topological polar surface area (TPSA) is 85.6 Å². The third-order valence-corrected chi connectivity index (χ3v) is 5.89. The normalized spacial score (nSPS) is 10.9. The van der Waals surface area contributed by atoms with Crippen molar-refractivity contribution in [3.63, 3.8) is 0 Å². The van der Waals surface area contributed by atoms with Crippen LogP contribution in [0.3, 0.4) is 0 Å². The first-order valence-corrected chi connectivity index (χ1v) is 10.1. The van der Waals surface area contributed by atoms with Gasteiger partial charge in [-0.2, -0.15) is 0 Å². The third-order valence-electron chi connectivity index (χ3n) is 4.21. The van der Waals surface area contributed by atoms with Crippen molar-refractivity contribution in [3.8, 4) is 5.69 Å². The zero-order valence-electron chi connectivity index (χ0n) is 15.1. The number of benzene rings is 2. The Hall–Kier alpha value is -2.81. The van der Waals surface area contributed by atoms with Crippen LogP contribution in [0.4, 0.5) is 5.13 Å². The number of nitrogens with one attached hydrogen (secondary N) is 1. The lowest BCUT2D eigenvalue weighted by atomic mass is 10.1. The Morgan fingerprint density at radius 2 is 1.97 bits per heavy atom. The van der Waals surface area contributed by atoms with Crippen molar-refractivity contribution in [2.24, 2.45) is 0 Å². The molecule has 1 N–H and O–H groups in total. The quantitative estimate of drug-likeness (QED) is 0.486. The Labute approximate surface area is 180 Å². The van der Waals surface area contributed by atoms with Crippen molar-refractivity contribution >= 4 is 45.6 Å². The van der Waals surface area contributed by atoms with Crippen LogP contribution in [0.1, 0.15) is 26.5 Å². The van der Waals surface area contributed by atoms with Crippen LogP contribution in [0.15, 0.2) is 48.8 Å². The summed E-state index contributed by atoms with van der Waals surface area (Å²) >= 11 is 13.7. The van der Waals surface area contributed by atoms with E-state index in [1.807, 2.05) is 13.0 Å². The summed E-state index contributed by atoms with van der Waals surface area (Å²) in [6.07, 6.45) is 2.08. The maximum absolute atomic E-state index is 12.6. The molecule has 10 heteroatoms. The lowest BCUT2D eigenvalue weighted by Crippen LogP contribution is -2.11. The van der Waals surface area contributed by atoms with Crippen molar-refractivity contribution in [2.75, 3.05) is 5.32 Å². The number of carbonyl (C=O) groups is 1. The van der Waals surface area contributed by atoms with Crippen LogP contribution in [-0.4, -0.2) is 31.1 Å². The van der Waals surface area contributed by atoms with E-state index >= 15 is 0 Å². The van der Waals surface area contributed by atoms with E-state index in [0.717, 1.165) is 21.8 Å². The molecule has 0 atom stereocenters. The number of rotatable bonds is 5. The summed E-state index contributed by atoms with van der Waals surface area (Å²) in [4.78, 5) is 18.0. The Morgan fingerprint density at radius 3 is 2.69 bits per heavy atom. The van der Waals surface area contributed by atoms with E-state index in [1.165, 1.54) is 22.3 Å². The summed E-state index contributed by atoms with van der Waals surface area (Å²) in [5.74, 6) is -0.241. The summed E-state index contributed by atoms with van der Waals surface area (Å²) in [7, 11) is 0. The average Bonchev–Trinajstić information content (AvgIpc) is 3.35. The molecule has 0 spiro atoms. The molecule has 0 saturated carbocycles. The van der Waals surface area contributed by atoms with E-state index < -0.39 is 0 Å². The number of aryl methyl sites for hydroxylation is 1. The lowest BCUT2D eigenvalue weighted by Gasteiger charge is -2.04. The fourth-order valence-electron chi connectivity index (χ4n) is 2.71. The molecule has 0 bridgehead atoms. The minimum absolute atomic E-state index is 0.241. The van der Waals surface area contributed by atoms with Gasteiger partial charge in [-0.25, -0.2) is 9.67 Å². The van der Waals surface area contributed by atoms with Gasteiger partial charge in [-0.15, -0.1) is 16.4 Å². The Morgan fingerprint density at radius 1 is 1.17 bits per heavy atom. The van der Waals surface area contributed by atoms with E-state index in [2.05, 4.69) is 25.8 Å². The van der Waals surface area contributed by atoms with Gasteiger partial charge in [0.1, 0.15) is 6.33 Å². The van der Waals surface area contributed by atoms with Crippen LogP contribution < -0.4 is 5.32 Å². The molecule has 2 aromatic heterocycles. The largest absolute Gasteiger partial charge is 0.298 e. The minimum Gasteiger partial charge on any atom is -0.298 e. The summed E-state index contributed by atoms with van der Waals surface area (Å²) in [5, 5.41) is 15.7. The van der Waals surface area contributed by atoms with Gasteiger partial charge < -0.3 is 0 Å². The number of aromatic nitrogens is 5. The van der Waals surface area contributed by atoms with Gasteiger partial charge in [0.2, 0.25) is 0 Å². The summed E-state index contributed by atoms with van der Waals surface area (Å²) < 4.78 is 1.51. The minimum atomic E-state index is -0.241. The Bertz CT molecular complexity index is 1160. The van der Waals surface area contributed by atoms with Crippen molar-refractivity contribution in [2.45, 2.75) is 13.3 Å². The number of halogens is 2. The first-order chi connectivity index (χ1) is 14.0. The van der Waals surface area contributed by atoms with E-state index in [9.17, 15) is 4.79 Å². The molecule has 0 saturated heterocycles. The summed E-state index contributed by atoms with van der Waals surface area (Å²) in [6.45, 7) is 1.90. The standard InChI is InChI=1S/C19H14Cl2N6OS/c1-11-17(9-13-8-14(20)4-7-16(13)21)29-19(23-11)24-18(28)12-2-5-15(6-3-12)27-10-22-25-26-27/h2-8,10H,9H2,1H3,(H,23,24,28). The molecule has 4 aromatic rings. The molecule has 2 aromatic carbocycles. The summed E-state index contributed by atoms with van der Waals surface area (Å²) in [6, 6.07) is 12.3. The molecular weight excluding hydrogens is 431 g/mol. The number of nitrogens with zero attached hydrogens (tertiary/aromatic N) is 5. The molecule has 0 aliphatic heterocycles. The van der Waals surface area contributed by atoms with Gasteiger partial charge >= 0.3 is 0 Å². The molecular formula is C19H14Cl2N6OS. The van der Waals surface area contributed by atoms with Crippen LogP contribution in [0, 0.1) is 6.92 Å². The van der Waals surface area contributed by atoms with Crippen molar-refractivity contribution in [3.05, 3.63) is 80.5 Å². The van der Waals surface area contributed by atoms with Crippen LogP contribution in [0.25, 0.3) is 5.69 Å². The predicted molar refractivity (Wildman–Crippen MR) is 113 cm³/mol. The molecule has 0 fully saturated rings.